The maximum absolute atomic E-state index is 12.5. The van der Waals surface area contributed by atoms with Gasteiger partial charge in [-0.2, -0.15) is 0 Å². The van der Waals surface area contributed by atoms with Gasteiger partial charge in [0.15, 0.2) is 0 Å². The van der Waals surface area contributed by atoms with Crippen LogP contribution in [0.25, 0.3) is 0 Å². The Kier molecular flexibility index (Phi) is 7.28. The lowest BCUT2D eigenvalue weighted by atomic mass is 10.1. The molecular formula is C20H28N4O3. The van der Waals surface area contributed by atoms with Crippen molar-refractivity contribution in [2.45, 2.75) is 33.4 Å². The standard InChI is InChI=1S/C20H28N4O3/c1-5-19(25)24(14-17-8-7-11-27-17)13-15-12-16(22-20(26)21-6-2)9-10-18(15)23(3)4/h7-12H,5-6,13-14H2,1-4H3,(H2,21,22,26). The van der Waals surface area contributed by atoms with Crippen molar-refractivity contribution < 1.29 is 14.0 Å². The lowest BCUT2D eigenvalue weighted by molar-refractivity contribution is -0.132. The summed E-state index contributed by atoms with van der Waals surface area (Å²) in [6, 6.07) is 9.12. The number of hydrogen-bond acceptors (Lipinski definition) is 4. The van der Waals surface area contributed by atoms with Gasteiger partial charge in [-0.05, 0) is 42.8 Å². The van der Waals surface area contributed by atoms with Crippen molar-refractivity contribution in [2.24, 2.45) is 0 Å². The Labute approximate surface area is 160 Å². The van der Waals surface area contributed by atoms with Gasteiger partial charge in [-0.25, -0.2) is 4.79 Å². The molecule has 146 valence electrons. The molecule has 0 radical (unpaired) electrons. The molecule has 3 amide bonds. The number of amides is 3. The second-order valence-electron chi connectivity index (χ2n) is 6.41. The number of nitrogens with one attached hydrogen (secondary N) is 2. The zero-order valence-electron chi connectivity index (χ0n) is 16.4. The Hall–Kier alpha value is -2.96. The Morgan fingerprint density at radius 2 is 1.89 bits per heavy atom. The molecular weight excluding hydrogens is 344 g/mol. The average molecular weight is 372 g/mol. The number of carbonyl (C=O) groups excluding carboxylic acids is 2. The Bertz CT molecular complexity index is 757. The van der Waals surface area contributed by atoms with E-state index in [-0.39, 0.29) is 11.9 Å². The van der Waals surface area contributed by atoms with Crippen molar-refractivity contribution in [1.82, 2.24) is 10.2 Å². The van der Waals surface area contributed by atoms with E-state index in [4.69, 9.17) is 4.42 Å². The third-order valence-corrected chi connectivity index (χ3v) is 4.10. The number of benzene rings is 1. The first-order valence-electron chi connectivity index (χ1n) is 9.09. The summed E-state index contributed by atoms with van der Waals surface area (Å²) in [5.41, 5.74) is 2.62. The lowest BCUT2D eigenvalue weighted by Gasteiger charge is -2.25. The van der Waals surface area contributed by atoms with Gasteiger partial charge in [0.2, 0.25) is 5.91 Å². The van der Waals surface area contributed by atoms with Gasteiger partial charge >= 0.3 is 6.03 Å². The van der Waals surface area contributed by atoms with Crippen LogP contribution in [-0.4, -0.2) is 37.5 Å². The smallest absolute Gasteiger partial charge is 0.319 e. The molecule has 2 rings (SSSR count). The van der Waals surface area contributed by atoms with Gasteiger partial charge in [0.25, 0.3) is 0 Å². The lowest BCUT2D eigenvalue weighted by Crippen LogP contribution is -2.30. The van der Waals surface area contributed by atoms with Gasteiger partial charge in [0, 0.05) is 45.0 Å². The topological polar surface area (TPSA) is 77.8 Å². The summed E-state index contributed by atoms with van der Waals surface area (Å²) in [5, 5.41) is 5.53. The first kappa shape index (κ1) is 20.4. The van der Waals surface area contributed by atoms with Gasteiger partial charge in [0.05, 0.1) is 12.8 Å². The van der Waals surface area contributed by atoms with Crippen molar-refractivity contribution >= 4 is 23.3 Å². The molecule has 2 aromatic rings. The quantitative estimate of drug-likeness (QED) is 0.744. The molecule has 2 N–H and O–H groups in total. The van der Waals surface area contributed by atoms with Crippen LogP contribution in [0.5, 0.6) is 0 Å². The second-order valence-corrected chi connectivity index (χ2v) is 6.41. The second kappa shape index (κ2) is 9.66. The fourth-order valence-electron chi connectivity index (χ4n) is 2.81. The van der Waals surface area contributed by atoms with Crippen molar-refractivity contribution in [2.75, 3.05) is 30.9 Å². The van der Waals surface area contributed by atoms with Crippen LogP contribution in [0.2, 0.25) is 0 Å². The molecule has 1 heterocycles. The summed E-state index contributed by atoms with van der Waals surface area (Å²) in [4.78, 5) is 28.0. The first-order chi connectivity index (χ1) is 12.9. The van der Waals surface area contributed by atoms with Crippen LogP contribution in [-0.2, 0) is 17.9 Å². The van der Waals surface area contributed by atoms with Crippen molar-refractivity contribution in [3.05, 3.63) is 47.9 Å². The van der Waals surface area contributed by atoms with E-state index >= 15 is 0 Å². The molecule has 0 aliphatic carbocycles. The molecule has 0 saturated carbocycles. The van der Waals surface area contributed by atoms with Crippen LogP contribution in [0, 0.1) is 0 Å². The van der Waals surface area contributed by atoms with E-state index in [9.17, 15) is 9.59 Å². The largest absolute Gasteiger partial charge is 0.467 e. The number of nitrogens with zero attached hydrogens (tertiary/aromatic N) is 2. The Morgan fingerprint density at radius 3 is 2.48 bits per heavy atom. The summed E-state index contributed by atoms with van der Waals surface area (Å²) in [5.74, 6) is 0.776. The summed E-state index contributed by atoms with van der Waals surface area (Å²) in [6.45, 7) is 5.09. The van der Waals surface area contributed by atoms with E-state index in [0.717, 1.165) is 17.0 Å². The van der Waals surface area contributed by atoms with Gasteiger partial charge in [0.1, 0.15) is 5.76 Å². The molecule has 27 heavy (non-hydrogen) atoms. The molecule has 1 aromatic carbocycles. The highest BCUT2D eigenvalue weighted by atomic mass is 16.3. The van der Waals surface area contributed by atoms with Gasteiger partial charge in [-0.15, -0.1) is 0 Å². The fraction of sp³-hybridized carbons (Fsp3) is 0.400. The SMILES string of the molecule is CCNC(=O)Nc1ccc(N(C)C)c(CN(Cc2ccco2)C(=O)CC)c1. The third kappa shape index (κ3) is 5.77. The summed E-state index contributed by atoms with van der Waals surface area (Å²) < 4.78 is 5.41. The normalized spacial score (nSPS) is 10.4. The van der Waals surface area contributed by atoms with Crippen LogP contribution in [0.15, 0.2) is 41.0 Å². The maximum atomic E-state index is 12.5. The Morgan fingerprint density at radius 1 is 1.11 bits per heavy atom. The zero-order chi connectivity index (χ0) is 19.8. The van der Waals surface area contributed by atoms with Crippen molar-refractivity contribution in [3.8, 4) is 0 Å². The fourth-order valence-corrected chi connectivity index (χ4v) is 2.81. The Balaban J connectivity index is 2.28. The number of hydrogen-bond donors (Lipinski definition) is 2. The number of furan rings is 1. The van der Waals surface area contributed by atoms with Crippen molar-refractivity contribution in [3.63, 3.8) is 0 Å². The van der Waals surface area contributed by atoms with Gasteiger partial charge < -0.3 is 24.9 Å². The van der Waals surface area contributed by atoms with E-state index in [1.165, 1.54) is 0 Å². The van der Waals surface area contributed by atoms with Crippen LogP contribution >= 0.6 is 0 Å². The first-order valence-corrected chi connectivity index (χ1v) is 9.09. The highest BCUT2D eigenvalue weighted by molar-refractivity contribution is 5.89. The molecule has 7 nitrogen and oxygen atoms in total. The van der Waals surface area contributed by atoms with Crippen LogP contribution in [0.4, 0.5) is 16.2 Å². The predicted molar refractivity (Wildman–Crippen MR) is 107 cm³/mol. The highest BCUT2D eigenvalue weighted by Gasteiger charge is 2.17. The minimum absolute atomic E-state index is 0.0400. The third-order valence-electron chi connectivity index (χ3n) is 4.10. The van der Waals surface area contributed by atoms with Crippen LogP contribution < -0.4 is 15.5 Å². The summed E-state index contributed by atoms with van der Waals surface area (Å²) in [7, 11) is 3.91. The van der Waals surface area contributed by atoms with Gasteiger partial charge in [-0.1, -0.05) is 6.92 Å². The zero-order valence-corrected chi connectivity index (χ0v) is 16.4. The molecule has 0 aliphatic rings. The van der Waals surface area contributed by atoms with E-state index in [1.54, 1.807) is 11.2 Å². The van der Waals surface area contributed by atoms with Crippen LogP contribution in [0.1, 0.15) is 31.6 Å². The molecule has 0 unspecified atom stereocenters. The average Bonchev–Trinajstić information content (AvgIpc) is 3.13. The molecule has 0 saturated heterocycles. The predicted octanol–water partition coefficient (Wildman–Crippen LogP) is 3.43. The molecule has 0 aliphatic heterocycles. The molecule has 0 bridgehead atoms. The summed E-state index contributed by atoms with van der Waals surface area (Å²) in [6.07, 6.45) is 2.01. The monoisotopic (exact) mass is 372 g/mol. The van der Waals surface area contributed by atoms with Gasteiger partial charge in [-0.3, -0.25) is 4.79 Å². The number of rotatable bonds is 8. The van der Waals surface area contributed by atoms with E-state index < -0.39 is 0 Å². The minimum atomic E-state index is -0.252. The molecule has 0 fully saturated rings. The number of anilines is 2. The summed E-state index contributed by atoms with van der Waals surface area (Å²) >= 11 is 0. The van der Waals surface area contributed by atoms with Crippen LogP contribution in [0.3, 0.4) is 0 Å². The van der Waals surface area contributed by atoms with E-state index in [0.29, 0.717) is 31.7 Å². The maximum Gasteiger partial charge on any atom is 0.319 e. The molecule has 1 aromatic heterocycles. The molecule has 0 atom stereocenters. The molecule has 0 spiro atoms. The number of carbonyl (C=O) groups is 2. The van der Waals surface area contributed by atoms with E-state index in [2.05, 4.69) is 10.6 Å². The number of urea groups is 1. The van der Waals surface area contributed by atoms with Crippen molar-refractivity contribution in [1.29, 1.82) is 0 Å². The highest BCUT2D eigenvalue weighted by Crippen LogP contribution is 2.25. The molecule has 7 heteroatoms. The van der Waals surface area contributed by atoms with E-state index in [1.807, 2.05) is 63.2 Å². The minimum Gasteiger partial charge on any atom is -0.467 e.